The largest absolute Gasteiger partial charge is 0.497 e. The van der Waals surface area contributed by atoms with Gasteiger partial charge in [-0.15, -0.1) is 0 Å². The van der Waals surface area contributed by atoms with Gasteiger partial charge >= 0.3 is 0 Å². The Labute approximate surface area is 129 Å². The molecule has 0 spiro atoms. The highest BCUT2D eigenvalue weighted by Gasteiger charge is 2.14. The molecule has 2 rings (SSSR count). The number of halogens is 3. The van der Waals surface area contributed by atoms with Crippen LogP contribution in [0.3, 0.4) is 0 Å². The molecule has 6 heteroatoms. The van der Waals surface area contributed by atoms with Crippen LogP contribution in [0.2, 0.25) is 0 Å². The van der Waals surface area contributed by atoms with Crippen LogP contribution in [-0.2, 0) is 13.2 Å². The van der Waals surface area contributed by atoms with Crippen LogP contribution in [0.4, 0.5) is 8.78 Å². The van der Waals surface area contributed by atoms with Crippen molar-refractivity contribution in [1.82, 2.24) is 0 Å². The summed E-state index contributed by atoms with van der Waals surface area (Å²) in [4.78, 5) is 0. The van der Waals surface area contributed by atoms with Gasteiger partial charge in [0.1, 0.15) is 29.7 Å². The molecule has 3 nitrogen and oxygen atoms in total. The Morgan fingerprint density at radius 3 is 2.62 bits per heavy atom. The fourth-order valence-electron chi connectivity index (χ4n) is 1.82. The van der Waals surface area contributed by atoms with Crippen LogP contribution in [-0.4, -0.2) is 7.11 Å². The maximum atomic E-state index is 13.9. The fraction of sp³-hybridized carbons (Fsp3) is 0.200. The second-order valence-electron chi connectivity index (χ2n) is 4.29. The second kappa shape index (κ2) is 6.87. The number of ether oxygens (including phenoxy) is 2. The molecular formula is C15H14BrF2NO2. The van der Waals surface area contributed by atoms with Crippen LogP contribution in [0.15, 0.2) is 34.8 Å². The van der Waals surface area contributed by atoms with Crippen molar-refractivity contribution in [1.29, 1.82) is 0 Å². The molecule has 0 aliphatic heterocycles. The summed E-state index contributed by atoms with van der Waals surface area (Å²) >= 11 is 3.02. The van der Waals surface area contributed by atoms with Gasteiger partial charge in [-0.1, -0.05) is 6.07 Å². The van der Waals surface area contributed by atoms with Crippen LogP contribution in [0.25, 0.3) is 0 Å². The maximum absolute atomic E-state index is 13.9. The monoisotopic (exact) mass is 357 g/mol. The molecule has 2 aromatic rings. The molecule has 0 aliphatic carbocycles. The Morgan fingerprint density at radius 1 is 1.19 bits per heavy atom. The van der Waals surface area contributed by atoms with Gasteiger partial charge in [0.05, 0.1) is 17.1 Å². The molecule has 0 amide bonds. The van der Waals surface area contributed by atoms with Crippen LogP contribution in [0, 0.1) is 11.6 Å². The lowest BCUT2D eigenvalue weighted by molar-refractivity contribution is 0.287. The zero-order valence-corrected chi connectivity index (χ0v) is 12.9. The first-order valence-electron chi connectivity index (χ1n) is 6.19. The smallest absolute Gasteiger partial charge is 0.146 e. The fourth-order valence-corrected chi connectivity index (χ4v) is 2.19. The molecular weight excluding hydrogens is 344 g/mol. The average Bonchev–Trinajstić information content (AvgIpc) is 2.50. The van der Waals surface area contributed by atoms with E-state index >= 15 is 0 Å². The van der Waals surface area contributed by atoms with E-state index in [-0.39, 0.29) is 23.2 Å². The quantitative estimate of drug-likeness (QED) is 0.828. The van der Waals surface area contributed by atoms with Gasteiger partial charge in [-0.3, -0.25) is 0 Å². The molecule has 0 saturated heterocycles. The standard InChI is InChI=1S/C15H14BrF2NO2/c1-20-10-3-2-9(7-19)14(6-10)21-8-11-13(17)5-4-12(16)15(11)18/h2-6H,7-8,19H2,1H3. The Hall–Kier alpha value is -1.66. The first-order valence-corrected chi connectivity index (χ1v) is 6.98. The highest BCUT2D eigenvalue weighted by molar-refractivity contribution is 9.10. The number of methoxy groups -OCH3 is 1. The van der Waals surface area contributed by atoms with Gasteiger partial charge in [-0.05, 0) is 34.1 Å². The summed E-state index contributed by atoms with van der Waals surface area (Å²) in [6.07, 6.45) is 0. The van der Waals surface area contributed by atoms with Gasteiger partial charge in [0.2, 0.25) is 0 Å². The maximum Gasteiger partial charge on any atom is 0.146 e. The summed E-state index contributed by atoms with van der Waals surface area (Å²) in [6, 6.07) is 7.62. The molecule has 0 bridgehead atoms. The van der Waals surface area contributed by atoms with E-state index in [1.54, 1.807) is 18.2 Å². The molecule has 0 saturated carbocycles. The van der Waals surface area contributed by atoms with Crippen LogP contribution < -0.4 is 15.2 Å². The lowest BCUT2D eigenvalue weighted by Crippen LogP contribution is -2.06. The summed E-state index contributed by atoms with van der Waals surface area (Å²) in [5.41, 5.74) is 6.20. The second-order valence-corrected chi connectivity index (χ2v) is 5.14. The minimum absolute atomic E-state index is 0.143. The van der Waals surface area contributed by atoms with Crippen molar-refractivity contribution in [2.75, 3.05) is 7.11 Å². The lowest BCUT2D eigenvalue weighted by atomic mass is 10.2. The van der Waals surface area contributed by atoms with E-state index in [0.717, 1.165) is 5.56 Å². The van der Waals surface area contributed by atoms with E-state index in [2.05, 4.69) is 15.9 Å². The van der Waals surface area contributed by atoms with E-state index in [1.165, 1.54) is 19.2 Å². The molecule has 112 valence electrons. The van der Waals surface area contributed by atoms with Gasteiger partial charge in [0.15, 0.2) is 0 Å². The van der Waals surface area contributed by atoms with Crippen molar-refractivity contribution in [2.24, 2.45) is 5.73 Å². The average molecular weight is 358 g/mol. The van der Waals surface area contributed by atoms with Crippen molar-refractivity contribution in [3.8, 4) is 11.5 Å². The van der Waals surface area contributed by atoms with Crippen LogP contribution in [0.1, 0.15) is 11.1 Å². The minimum Gasteiger partial charge on any atom is -0.497 e. The Kier molecular flexibility index (Phi) is 5.14. The van der Waals surface area contributed by atoms with Gasteiger partial charge < -0.3 is 15.2 Å². The summed E-state index contributed by atoms with van der Waals surface area (Å²) in [7, 11) is 1.52. The first-order chi connectivity index (χ1) is 10.1. The third-order valence-corrected chi connectivity index (χ3v) is 3.62. The summed E-state index contributed by atoms with van der Waals surface area (Å²) in [5.74, 6) is -0.312. The van der Waals surface area contributed by atoms with E-state index in [1.807, 2.05) is 0 Å². The predicted molar refractivity (Wildman–Crippen MR) is 79.3 cm³/mol. The molecule has 0 atom stereocenters. The van der Waals surface area contributed by atoms with Gasteiger partial charge in [0, 0.05) is 18.2 Å². The molecule has 0 aromatic heterocycles. The molecule has 0 aliphatic rings. The number of nitrogens with two attached hydrogens (primary N) is 1. The number of hydrogen-bond donors (Lipinski definition) is 1. The summed E-state index contributed by atoms with van der Waals surface area (Å²) in [5, 5.41) is 0. The van der Waals surface area contributed by atoms with E-state index in [4.69, 9.17) is 15.2 Å². The SMILES string of the molecule is COc1ccc(CN)c(OCc2c(F)ccc(Br)c2F)c1. The van der Waals surface area contributed by atoms with Crippen LogP contribution >= 0.6 is 15.9 Å². The molecule has 0 heterocycles. The first kappa shape index (κ1) is 15.7. The Morgan fingerprint density at radius 2 is 1.95 bits per heavy atom. The highest BCUT2D eigenvalue weighted by Crippen LogP contribution is 2.27. The molecule has 0 unspecified atom stereocenters. The van der Waals surface area contributed by atoms with Gasteiger partial charge in [-0.25, -0.2) is 8.78 Å². The van der Waals surface area contributed by atoms with Gasteiger partial charge in [0.25, 0.3) is 0 Å². The van der Waals surface area contributed by atoms with E-state index in [0.29, 0.717) is 11.5 Å². The zero-order chi connectivity index (χ0) is 15.4. The van der Waals surface area contributed by atoms with Crippen molar-refractivity contribution >= 4 is 15.9 Å². The van der Waals surface area contributed by atoms with E-state index in [9.17, 15) is 8.78 Å². The highest BCUT2D eigenvalue weighted by atomic mass is 79.9. The number of hydrogen-bond acceptors (Lipinski definition) is 3. The topological polar surface area (TPSA) is 44.5 Å². The molecule has 2 aromatic carbocycles. The predicted octanol–water partition coefficient (Wildman–Crippen LogP) is 3.77. The normalized spacial score (nSPS) is 10.5. The van der Waals surface area contributed by atoms with Crippen molar-refractivity contribution in [3.05, 3.63) is 57.6 Å². The summed E-state index contributed by atoms with van der Waals surface area (Å²) in [6.45, 7) is 0.0139. The third kappa shape index (κ3) is 3.51. The zero-order valence-electron chi connectivity index (χ0n) is 11.3. The lowest BCUT2D eigenvalue weighted by Gasteiger charge is -2.13. The Balaban J connectivity index is 2.26. The minimum atomic E-state index is -0.674. The van der Waals surface area contributed by atoms with Crippen molar-refractivity contribution in [3.63, 3.8) is 0 Å². The van der Waals surface area contributed by atoms with Gasteiger partial charge in [-0.2, -0.15) is 0 Å². The van der Waals surface area contributed by atoms with Crippen molar-refractivity contribution < 1.29 is 18.3 Å². The third-order valence-electron chi connectivity index (χ3n) is 3.01. The Bertz CT molecular complexity index is 650. The molecule has 0 radical (unpaired) electrons. The summed E-state index contributed by atoms with van der Waals surface area (Å²) < 4.78 is 38.3. The van der Waals surface area contributed by atoms with Crippen LogP contribution in [0.5, 0.6) is 11.5 Å². The number of benzene rings is 2. The number of rotatable bonds is 5. The molecule has 21 heavy (non-hydrogen) atoms. The van der Waals surface area contributed by atoms with E-state index < -0.39 is 11.6 Å². The molecule has 0 fully saturated rings. The van der Waals surface area contributed by atoms with Crippen molar-refractivity contribution in [2.45, 2.75) is 13.2 Å². The molecule has 2 N–H and O–H groups in total.